The zero-order valence-corrected chi connectivity index (χ0v) is 24.6. The zero-order chi connectivity index (χ0) is 29.4. The Balaban J connectivity index is 1.43. The van der Waals surface area contributed by atoms with Gasteiger partial charge < -0.3 is 13.8 Å². The van der Waals surface area contributed by atoms with Crippen LogP contribution in [0.25, 0.3) is 71.3 Å². The van der Waals surface area contributed by atoms with E-state index in [0.717, 1.165) is 16.6 Å². The molecule has 4 heterocycles. The van der Waals surface area contributed by atoms with Crippen LogP contribution in [0.2, 0.25) is 0 Å². The van der Waals surface area contributed by atoms with Gasteiger partial charge in [0.2, 0.25) is 0 Å². The Kier molecular flexibility index (Phi) is 4.34. The fourth-order valence-corrected chi connectivity index (χ4v) is 8.50. The molecule has 2 aromatic heterocycles. The van der Waals surface area contributed by atoms with Crippen molar-refractivity contribution in [3.8, 4) is 16.8 Å². The van der Waals surface area contributed by atoms with Gasteiger partial charge in [-0.1, -0.05) is 97.1 Å². The molecule has 11 rings (SSSR count). The maximum atomic E-state index is 6.52. The van der Waals surface area contributed by atoms with Gasteiger partial charge >= 0.3 is 6.85 Å². The zero-order valence-electron chi connectivity index (χ0n) is 24.6. The minimum atomic E-state index is -0.0343. The molecule has 45 heavy (non-hydrogen) atoms. The molecule has 0 spiro atoms. The number of rotatable bonds is 1. The summed E-state index contributed by atoms with van der Waals surface area (Å²) in [6.07, 6.45) is 0. The lowest BCUT2D eigenvalue weighted by Crippen LogP contribution is -2.60. The van der Waals surface area contributed by atoms with Gasteiger partial charge in [0.25, 0.3) is 0 Å². The van der Waals surface area contributed by atoms with Crippen molar-refractivity contribution in [1.29, 1.82) is 0 Å². The summed E-state index contributed by atoms with van der Waals surface area (Å²) in [6, 6.07) is 48.9. The average Bonchev–Trinajstić information content (AvgIpc) is 3.63. The van der Waals surface area contributed by atoms with E-state index in [4.69, 9.17) is 4.42 Å². The van der Waals surface area contributed by atoms with E-state index in [1.807, 2.05) is 0 Å². The van der Waals surface area contributed by atoms with Crippen LogP contribution in [0, 0.1) is 6.92 Å². The molecule has 0 amide bonds. The molecule has 0 atom stereocenters. The van der Waals surface area contributed by atoms with Gasteiger partial charge in [0.1, 0.15) is 11.2 Å². The summed E-state index contributed by atoms with van der Waals surface area (Å²) in [5.74, 6) is 0. The van der Waals surface area contributed by atoms with E-state index in [9.17, 15) is 0 Å². The van der Waals surface area contributed by atoms with Crippen molar-refractivity contribution in [1.82, 2.24) is 4.57 Å². The van der Waals surface area contributed by atoms with Crippen molar-refractivity contribution in [3.05, 3.63) is 139 Å². The number of hydrogen-bond donors (Lipinski definition) is 0. The van der Waals surface area contributed by atoms with Crippen LogP contribution >= 0.6 is 0 Å². The first-order chi connectivity index (χ1) is 22.3. The molecule has 0 saturated carbocycles. The number of furan rings is 1. The largest absolute Gasteiger partial charge is 0.456 e. The first-order valence-electron chi connectivity index (χ1n) is 15.7. The maximum Gasteiger partial charge on any atom is 0.333 e. The molecular weight excluding hydrogens is 547 g/mol. The number of nitrogens with zero attached hydrogens (tertiary/aromatic N) is 2. The van der Waals surface area contributed by atoms with Crippen molar-refractivity contribution < 1.29 is 4.42 Å². The van der Waals surface area contributed by atoms with Crippen molar-refractivity contribution in [2.45, 2.75) is 6.92 Å². The van der Waals surface area contributed by atoms with Crippen LogP contribution in [0.5, 0.6) is 0 Å². The molecule has 7 aromatic carbocycles. The summed E-state index contributed by atoms with van der Waals surface area (Å²) >= 11 is 0. The summed E-state index contributed by atoms with van der Waals surface area (Å²) in [7, 11) is 0. The molecule has 0 aliphatic carbocycles. The monoisotopic (exact) mass is 572 g/mol. The van der Waals surface area contributed by atoms with Crippen molar-refractivity contribution >= 4 is 83.7 Å². The van der Waals surface area contributed by atoms with E-state index in [-0.39, 0.29) is 6.85 Å². The summed E-state index contributed by atoms with van der Waals surface area (Å²) in [6.45, 7) is 2.20. The SMILES string of the molecule is Cc1ccccc1N1B2c3c(cc4ccccc4c3-n3c4ccccc4c4cccc2c43)-c2ccc3oc4ccccc4c3c21. The van der Waals surface area contributed by atoms with Gasteiger partial charge in [-0.25, -0.2) is 0 Å². The van der Waals surface area contributed by atoms with E-state index in [0.29, 0.717) is 0 Å². The average molecular weight is 572 g/mol. The molecule has 0 fully saturated rings. The highest BCUT2D eigenvalue weighted by molar-refractivity contribution is 6.94. The lowest BCUT2D eigenvalue weighted by atomic mass is 9.43. The topological polar surface area (TPSA) is 21.3 Å². The Bertz CT molecular complexity index is 2750. The van der Waals surface area contributed by atoms with Gasteiger partial charge in [0, 0.05) is 38.5 Å². The van der Waals surface area contributed by atoms with Gasteiger partial charge in [-0.2, -0.15) is 0 Å². The molecule has 0 unspecified atom stereocenters. The Hall–Kier alpha value is -5.74. The second-order valence-corrected chi connectivity index (χ2v) is 12.5. The highest BCUT2D eigenvalue weighted by Crippen LogP contribution is 2.50. The number of hydrogen-bond acceptors (Lipinski definition) is 2. The highest BCUT2D eigenvalue weighted by atomic mass is 16.3. The van der Waals surface area contributed by atoms with Crippen LogP contribution in [-0.2, 0) is 0 Å². The molecule has 0 saturated heterocycles. The van der Waals surface area contributed by atoms with Gasteiger partial charge in [-0.05, 0) is 70.8 Å². The molecule has 3 nitrogen and oxygen atoms in total. The summed E-state index contributed by atoms with van der Waals surface area (Å²) < 4.78 is 9.08. The minimum Gasteiger partial charge on any atom is -0.456 e. The molecular formula is C41H25BN2O. The normalized spacial score (nSPS) is 13.4. The first-order valence-corrected chi connectivity index (χ1v) is 15.7. The quantitative estimate of drug-likeness (QED) is 0.183. The predicted octanol–water partition coefficient (Wildman–Crippen LogP) is 9.38. The molecule has 208 valence electrons. The lowest BCUT2D eigenvalue weighted by molar-refractivity contribution is 0.669. The van der Waals surface area contributed by atoms with Crippen LogP contribution in [0.15, 0.2) is 138 Å². The maximum absolute atomic E-state index is 6.52. The smallest absolute Gasteiger partial charge is 0.333 e. The first kappa shape index (κ1) is 23.7. The molecule has 0 bridgehead atoms. The van der Waals surface area contributed by atoms with Crippen LogP contribution in [0.4, 0.5) is 11.4 Å². The number of aryl methyl sites for hydroxylation is 1. The van der Waals surface area contributed by atoms with E-state index in [1.165, 1.54) is 82.6 Å². The van der Waals surface area contributed by atoms with Crippen LogP contribution in [-0.4, -0.2) is 11.4 Å². The Morgan fingerprint density at radius 3 is 2.24 bits per heavy atom. The third-order valence-electron chi connectivity index (χ3n) is 10.3. The van der Waals surface area contributed by atoms with Crippen LogP contribution in [0.1, 0.15) is 5.56 Å². The minimum absolute atomic E-state index is 0.0343. The third-order valence-corrected chi connectivity index (χ3v) is 10.3. The number of aromatic nitrogens is 1. The number of anilines is 2. The van der Waals surface area contributed by atoms with Crippen molar-refractivity contribution in [2.75, 3.05) is 4.81 Å². The fraction of sp³-hybridized carbons (Fsp3) is 0.0244. The highest BCUT2D eigenvalue weighted by Gasteiger charge is 2.45. The third kappa shape index (κ3) is 2.83. The summed E-state index contributed by atoms with van der Waals surface area (Å²) in [5, 5.41) is 7.44. The lowest BCUT2D eigenvalue weighted by Gasteiger charge is -2.43. The second-order valence-electron chi connectivity index (χ2n) is 12.5. The summed E-state index contributed by atoms with van der Waals surface area (Å²) in [4.78, 5) is 2.63. The standard InChI is InChI=1S/C41H25BN2O/c1-24-11-2-7-18-33(24)44-40-29(21-22-36-37(40)30-15-6-9-20-35(30)45-36)31-23-25-12-3-4-13-26(25)41-38(31)42(44)32-17-10-16-28-27-14-5-8-19-34(27)43(41)39(28)32/h2-23H,1H3. The Morgan fingerprint density at radius 1 is 0.578 bits per heavy atom. The van der Waals surface area contributed by atoms with Crippen molar-refractivity contribution in [3.63, 3.8) is 0 Å². The number of para-hydroxylation sites is 4. The molecule has 4 heteroatoms. The van der Waals surface area contributed by atoms with Crippen LogP contribution < -0.4 is 15.7 Å². The van der Waals surface area contributed by atoms with E-state index in [2.05, 4.69) is 150 Å². The molecule has 9 aromatic rings. The number of fused-ring (bicyclic) bond motifs is 13. The Morgan fingerprint density at radius 2 is 1.33 bits per heavy atom. The molecule has 0 radical (unpaired) electrons. The van der Waals surface area contributed by atoms with E-state index >= 15 is 0 Å². The molecule has 2 aliphatic heterocycles. The van der Waals surface area contributed by atoms with E-state index in [1.54, 1.807) is 0 Å². The van der Waals surface area contributed by atoms with Gasteiger partial charge in [-0.3, -0.25) is 0 Å². The van der Waals surface area contributed by atoms with Crippen molar-refractivity contribution in [2.24, 2.45) is 0 Å². The van der Waals surface area contributed by atoms with E-state index < -0.39 is 0 Å². The summed E-state index contributed by atoms with van der Waals surface area (Å²) in [5.41, 5.74) is 14.6. The fourth-order valence-electron chi connectivity index (χ4n) is 8.50. The number of benzene rings is 7. The Labute approximate surface area is 259 Å². The van der Waals surface area contributed by atoms with Gasteiger partial charge in [0.05, 0.1) is 22.1 Å². The molecule has 0 N–H and O–H groups in total. The van der Waals surface area contributed by atoms with Crippen LogP contribution in [0.3, 0.4) is 0 Å². The predicted molar refractivity (Wildman–Crippen MR) is 189 cm³/mol. The molecule has 2 aliphatic rings. The second kappa shape index (κ2) is 8.25. The van der Waals surface area contributed by atoms with Gasteiger partial charge in [-0.15, -0.1) is 0 Å². The van der Waals surface area contributed by atoms with Gasteiger partial charge in [0.15, 0.2) is 0 Å².